The molecule has 0 bridgehead atoms. The quantitative estimate of drug-likeness (QED) is 0.778. The molecule has 0 aromatic heterocycles. The highest BCUT2D eigenvalue weighted by atomic mass is 35.5. The molecule has 1 aliphatic rings. The Morgan fingerprint density at radius 2 is 1.90 bits per heavy atom. The number of hydrogen-bond donors (Lipinski definition) is 1. The van der Waals surface area contributed by atoms with Crippen molar-refractivity contribution in [3.8, 4) is 0 Å². The van der Waals surface area contributed by atoms with E-state index < -0.39 is 18.1 Å². The van der Waals surface area contributed by atoms with Gasteiger partial charge >= 0.3 is 6.18 Å². The summed E-state index contributed by atoms with van der Waals surface area (Å²) in [6.45, 7) is 0. The van der Waals surface area contributed by atoms with E-state index in [1.165, 1.54) is 0 Å². The lowest BCUT2D eigenvalue weighted by Crippen LogP contribution is -2.33. The van der Waals surface area contributed by atoms with E-state index in [9.17, 15) is 13.2 Å². The van der Waals surface area contributed by atoms with Gasteiger partial charge in [0.2, 0.25) is 0 Å². The minimum atomic E-state index is -4.14. The summed E-state index contributed by atoms with van der Waals surface area (Å²) in [5.74, 6) is -1.48. The van der Waals surface area contributed by atoms with Crippen molar-refractivity contribution in [2.24, 2.45) is 17.6 Å². The predicted octanol–water partition coefficient (Wildman–Crippen LogP) is 5.36. The maximum Gasteiger partial charge on any atom is 0.391 e. The first-order valence-corrected chi connectivity index (χ1v) is 7.32. The molecule has 20 heavy (non-hydrogen) atoms. The van der Waals surface area contributed by atoms with Crippen LogP contribution in [0.25, 0.3) is 0 Å². The highest BCUT2D eigenvalue weighted by Gasteiger charge is 2.43. The van der Waals surface area contributed by atoms with E-state index in [0.717, 1.165) is 0 Å². The van der Waals surface area contributed by atoms with Crippen LogP contribution in [0.15, 0.2) is 18.2 Å². The van der Waals surface area contributed by atoms with Gasteiger partial charge in [0.1, 0.15) is 0 Å². The van der Waals surface area contributed by atoms with E-state index in [0.29, 0.717) is 28.5 Å². The second-order valence-corrected chi connectivity index (χ2v) is 6.20. The summed E-state index contributed by atoms with van der Waals surface area (Å²) in [6, 6.07) is 4.40. The van der Waals surface area contributed by atoms with Crippen molar-refractivity contribution in [2.75, 3.05) is 0 Å². The molecule has 0 heterocycles. The molecule has 2 N–H and O–H groups in total. The molecule has 1 saturated carbocycles. The third-order valence-corrected chi connectivity index (χ3v) is 4.58. The van der Waals surface area contributed by atoms with Gasteiger partial charge in [-0.3, -0.25) is 0 Å². The largest absolute Gasteiger partial charge is 0.391 e. The molecule has 6 heteroatoms. The number of benzene rings is 1. The van der Waals surface area contributed by atoms with Crippen LogP contribution in [0.1, 0.15) is 37.3 Å². The molecule has 1 aromatic rings. The molecule has 3 unspecified atom stereocenters. The topological polar surface area (TPSA) is 26.0 Å². The number of halogens is 5. The third kappa shape index (κ3) is 3.60. The van der Waals surface area contributed by atoms with E-state index >= 15 is 0 Å². The van der Waals surface area contributed by atoms with Crippen molar-refractivity contribution in [3.63, 3.8) is 0 Å². The van der Waals surface area contributed by atoms with Crippen LogP contribution < -0.4 is 5.73 Å². The summed E-state index contributed by atoms with van der Waals surface area (Å²) < 4.78 is 38.5. The van der Waals surface area contributed by atoms with Crippen LogP contribution >= 0.6 is 23.2 Å². The van der Waals surface area contributed by atoms with Gasteiger partial charge in [-0.05, 0) is 48.9 Å². The lowest BCUT2D eigenvalue weighted by atomic mass is 9.76. The average Bonchev–Trinajstić information content (AvgIpc) is 2.40. The van der Waals surface area contributed by atoms with E-state index in [4.69, 9.17) is 28.9 Å². The average molecular weight is 326 g/mol. The molecule has 0 radical (unpaired) electrons. The van der Waals surface area contributed by atoms with Crippen LogP contribution in [-0.4, -0.2) is 6.18 Å². The van der Waals surface area contributed by atoms with Gasteiger partial charge < -0.3 is 5.73 Å². The summed E-state index contributed by atoms with van der Waals surface area (Å²) in [7, 11) is 0. The molecule has 3 atom stereocenters. The minimum Gasteiger partial charge on any atom is -0.324 e. The summed E-state index contributed by atoms with van der Waals surface area (Å²) in [4.78, 5) is 0. The highest BCUT2D eigenvalue weighted by molar-refractivity contribution is 6.33. The van der Waals surface area contributed by atoms with Crippen LogP contribution in [0.2, 0.25) is 10.0 Å². The van der Waals surface area contributed by atoms with Crippen molar-refractivity contribution >= 4 is 23.2 Å². The van der Waals surface area contributed by atoms with Crippen LogP contribution in [-0.2, 0) is 0 Å². The summed E-state index contributed by atoms with van der Waals surface area (Å²) in [5, 5.41) is 0.944. The number of hydrogen-bond acceptors (Lipinski definition) is 1. The van der Waals surface area contributed by atoms with Crippen molar-refractivity contribution in [1.29, 1.82) is 0 Å². The third-order valence-electron chi connectivity index (χ3n) is 4.00. The molecule has 0 saturated heterocycles. The molecule has 112 valence electrons. The SMILES string of the molecule is NC(c1cc(Cl)ccc1Cl)C1CCCC(C(F)(F)F)C1. The van der Waals surface area contributed by atoms with E-state index in [-0.39, 0.29) is 18.8 Å². The zero-order chi connectivity index (χ0) is 14.9. The Morgan fingerprint density at radius 3 is 2.55 bits per heavy atom. The molecule has 0 aliphatic heterocycles. The Balaban J connectivity index is 2.16. The van der Waals surface area contributed by atoms with Crippen molar-refractivity contribution in [1.82, 2.24) is 0 Å². The first kappa shape index (κ1) is 15.9. The Labute approximate surface area is 126 Å². The van der Waals surface area contributed by atoms with Crippen LogP contribution in [0.5, 0.6) is 0 Å². The van der Waals surface area contributed by atoms with Gasteiger partial charge in [0.25, 0.3) is 0 Å². The Kier molecular flexibility index (Phi) is 4.88. The van der Waals surface area contributed by atoms with Gasteiger partial charge in [-0.1, -0.05) is 29.6 Å². The van der Waals surface area contributed by atoms with Crippen molar-refractivity contribution in [2.45, 2.75) is 37.9 Å². The molecular weight excluding hydrogens is 310 g/mol. The van der Waals surface area contributed by atoms with Crippen LogP contribution in [0.3, 0.4) is 0 Å². The van der Waals surface area contributed by atoms with Gasteiger partial charge in [0.15, 0.2) is 0 Å². The zero-order valence-corrected chi connectivity index (χ0v) is 12.3. The fourth-order valence-corrected chi connectivity index (χ4v) is 3.30. The Morgan fingerprint density at radius 1 is 1.20 bits per heavy atom. The lowest BCUT2D eigenvalue weighted by molar-refractivity contribution is -0.186. The van der Waals surface area contributed by atoms with Gasteiger partial charge in [0, 0.05) is 16.1 Å². The maximum absolute atomic E-state index is 12.8. The van der Waals surface area contributed by atoms with Gasteiger partial charge in [0.05, 0.1) is 5.92 Å². The first-order valence-electron chi connectivity index (χ1n) is 6.56. The first-order chi connectivity index (χ1) is 9.29. The molecule has 0 spiro atoms. The van der Waals surface area contributed by atoms with E-state index in [1.807, 2.05) is 0 Å². The van der Waals surface area contributed by atoms with Crippen LogP contribution in [0, 0.1) is 11.8 Å². The number of rotatable bonds is 2. The van der Waals surface area contributed by atoms with Crippen LogP contribution in [0.4, 0.5) is 13.2 Å². The standard InChI is InChI=1S/C14H16Cl2F3N/c15-10-4-5-12(16)11(7-10)13(20)8-2-1-3-9(6-8)14(17,18)19/h4-5,7-9,13H,1-3,6,20H2. The summed E-state index contributed by atoms with van der Waals surface area (Å²) in [6.07, 6.45) is -2.66. The molecule has 1 nitrogen and oxygen atoms in total. The maximum atomic E-state index is 12.8. The summed E-state index contributed by atoms with van der Waals surface area (Å²) in [5.41, 5.74) is 6.77. The van der Waals surface area contributed by atoms with Crippen molar-refractivity contribution < 1.29 is 13.2 Å². The molecule has 0 amide bonds. The number of nitrogens with two attached hydrogens (primary N) is 1. The zero-order valence-electron chi connectivity index (χ0n) is 10.8. The van der Waals surface area contributed by atoms with Gasteiger partial charge in [-0.2, -0.15) is 13.2 Å². The lowest BCUT2D eigenvalue weighted by Gasteiger charge is -2.34. The Bertz CT molecular complexity index is 476. The second kappa shape index (κ2) is 6.12. The normalized spacial score (nSPS) is 25.5. The smallest absolute Gasteiger partial charge is 0.324 e. The Hall–Kier alpha value is -0.450. The van der Waals surface area contributed by atoms with Gasteiger partial charge in [-0.25, -0.2) is 0 Å². The van der Waals surface area contributed by atoms with Gasteiger partial charge in [-0.15, -0.1) is 0 Å². The molecule has 2 rings (SSSR count). The molecule has 1 aromatic carbocycles. The number of alkyl halides is 3. The summed E-state index contributed by atoms with van der Waals surface area (Å²) >= 11 is 12.0. The molecular formula is C14H16Cl2F3N. The molecule has 1 aliphatic carbocycles. The molecule has 1 fully saturated rings. The minimum absolute atomic E-state index is 0.0630. The van der Waals surface area contributed by atoms with E-state index in [1.54, 1.807) is 18.2 Å². The van der Waals surface area contributed by atoms with E-state index in [2.05, 4.69) is 0 Å². The fourth-order valence-electron chi connectivity index (χ4n) is 2.88. The monoisotopic (exact) mass is 325 g/mol. The highest BCUT2D eigenvalue weighted by Crippen LogP contribution is 2.44. The predicted molar refractivity (Wildman–Crippen MR) is 74.9 cm³/mol. The second-order valence-electron chi connectivity index (χ2n) is 5.36. The fraction of sp³-hybridized carbons (Fsp3) is 0.571. The van der Waals surface area contributed by atoms with Crippen molar-refractivity contribution in [3.05, 3.63) is 33.8 Å².